The summed E-state index contributed by atoms with van der Waals surface area (Å²) in [5.74, 6) is 1.13. The lowest BCUT2D eigenvalue weighted by Gasteiger charge is -2.33. The smallest absolute Gasteiger partial charge is 0.252 e. The van der Waals surface area contributed by atoms with Gasteiger partial charge in [-0.2, -0.15) is 10.1 Å². The van der Waals surface area contributed by atoms with Gasteiger partial charge in [0.1, 0.15) is 6.61 Å². The highest BCUT2D eigenvalue weighted by atomic mass is 16.5. The molecule has 0 bridgehead atoms. The van der Waals surface area contributed by atoms with Crippen LogP contribution in [0, 0.1) is 0 Å². The molecular formula is C16H19N5O3. The van der Waals surface area contributed by atoms with E-state index in [1.807, 2.05) is 6.20 Å². The number of nitrogens with one attached hydrogen (secondary N) is 1. The predicted molar refractivity (Wildman–Crippen MR) is 85.1 cm³/mol. The molecule has 3 aromatic rings. The van der Waals surface area contributed by atoms with Crippen LogP contribution in [-0.4, -0.2) is 52.1 Å². The zero-order valence-corrected chi connectivity index (χ0v) is 13.4. The van der Waals surface area contributed by atoms with E-state index >= 15 is 0 Å². The molecule has 3 heterocycles. The minimum atomic E-state index is -0.0226. The van der Waals surface area contributed by atoms with Crippen molar-refractivity contribution in [1.82, 2.24) is 25.2 Å². The van der Waals surface area contributed by atoms with Gasteiger partial charge in [0.15, 0.2) is 5.82 Å². The Labute approximate surface area is 138 Å². The Balaban J connectivity index is 1.54. The molecule has 0 aliphatic carbocycles. The number of hydrogen-bond donors (Lipinski definition) is 1. The standard InChI is InChI=1S/C16H19N5O3/c1-22-10-15-18-16(20-24-15)14-9-23-5-4-21(14)8-11-2-3-12-7-17-19-13(12)6-11/h2-3,6-7,14H,4-5,8-10H2,1H3,(H,17,19). The Kier molecular flexibility index (Phi) is 4.24. The van der Waals surface area contributed by atoms with E-state index in [1.54, 1.807) is 7.11 Å². The maximum atomic E-state index is 5.62. The molecule has 0 amide bonds. The van der Waals surface area contributed by atoms with Crippen LogP contribution in [0.1, 0.15) is 23.3 Å². The third-order valence-corrected chi connectivity index (χ3v) is 4.18. The number of fused-ring (bicyclic) bond motifs is 1. The van der Waals surface area contributed by atoms with Gasteiger partial charge in [-0.25, -0.2) is 0 Å². The maximum Gasteiger partial charge on any atom is 0.252 e. The number of benzene rings is 1. The summed E-state index contributed by atoms with van der Waals surface area (Å²) in [5.41, 5.74) is 2.25. The molecule has 126 valence electrons. The van der Waals surface area contributed by atoms with Gasteiger partial charge in [0.05, 0.1) is 31.0 Å². The Hall–Kier alpha value is -2.29. The molecule has 0 saturated carbocycles. The molecule has 1 fully saturated rings. The van der Waals surface area contributed by atoms with E-state index in [4.69, 9.17) is 14.0 Å². The predicted octanol–water partition coefficient (Wildman–Crippen LogP) is 1.67. The van der Waals surface area contributed by atoms with Crippen molar-refractivity contribution in [3.05, 3.63) is 41.7 Å². The first kappa shape index (κ1) is 15.3. The number of rotatable bonds is 5. The van der Waals surface area contributed by atoms with E-state index in [0.29, 0.717) is 31.5 Å². The highest BCUT2D eigenvalue weighted by Crippen LogP contribution is 2.25. The average molecular weight is 329 g/mol. The summed E-state index contributed by atoms with van der Waals surface area (Å²) >= 11 is 0. The molecule has 24 heavy (non-hydrogen) atoms. The van der Waals surface area contributed by atoms with Crippen molar-refractivity contribution in [3.63, 3.8) is 0 Å². The van der Waals surface area contributed by atoms with Crippen molar-refractivity contribution in [2.75, 3.05) is 26.9 Å². The monoisotopic (exact) mass is 329 g/mol. The fourth-order valence-electron chi connectivity index (χ4n) is 2.97. The first-order valence-electron chi connectivity index (χ1n) is 7.88. The van der Waals surface area contributed by atoms with Crippen molar-refractivity contribution < 1.29 is 14.0 Å². The molecule has 8 nitrogen and oxygen atoms in total. The number of ether oxygens (including phenoxy) is 2. The lowest BCUT2D eigenvalue weighted by atomic mass is 10.1. The first-order valence-corrected chi connectivity index (χ1v) is 7.88. The first-order chi connectivity index (χ1) is 11.8. The number of H-pyrrole nitrogens is 1. The van der Waals surface area contributed by atoms with Crippen LogP contribution < -0.4 is 0 Å². The van der Waals surface area contributed by atoms with Gasteiger partial charge in [0.2, 0.25) is 0 Å². The fraction of sp³-hybridized carbons (Fsp3) is 0.438. The van der Waals surface area contributed by atoms with E-state index in [9.17, 15) is 0 Å². The molecule has 1 atom stereocenters. The molecule has 1 saturated heterocycles. The molecule has 0 radical (unpaired) electrons. The quantitative estimate of drug-likeness (QED) is 0.761. The fourth-order valence-corrected chi connectivity index (χ4v) is 2.97. The van der Waals surface area contributed by atoms with Gasteiger partial charge in [-0.1, -0.05) is 17.3 Å². The minimum Gasteiger partial charge on any atom is -0.378 e. The molecule has 0 spiro atoms. The second kappa shape index (κ2) is 6.68. The largest absolute Gasteiger partial charge is 0.378 e. The van der Waals surface area contributed by atoms with Crippen molar-refractivity contribution >= 4 is 10.9 Å². The van der Waals surface area contributed by atoms with Crippen molar-refractivity contribution in [2.45, 2.75) is 19.2 Å². The summed E-state index contributed by atoms with van der Waals surface area (Å²) in [7, 11) is 1.60. The van der Waals surface area contributed by atoms with Crippen molar-refractivity contribution in [1.29, 1.82) is 0 Å². The number of aromatic amines is 1. The summed E-state index contributed by atoms with van der Waals surface area (Å²) in [6.07, 6.45) is 1.83. The van der Waals surface area contributed by atoms with E-state index in [0.717, 1.165) is 24.0 Å². The average Bonchev–Trinajstić information content (AvgIpc) is 3.24. The van der Waals surface area contributed by atoms with Gasteiger partial charge >= 0.3 is 0 Å². The molecule has 1 aliphatic heterocycles. The second-order valence-corrected chi connectivity index (χ2v) is 5.83. The summed E-state index contributed by atoms with van der Waals surface area (Å²) in [6, 6.07) is 6.30. The number of nitrogens with zero attached hydrogens (tertiary/aromatic N) is 4. The topological polar surface area (TPSA) is 89.3 Å². The summed E-state index contributed by atoms with van der Waals surface area (Å²) in [6.45, 7) is 3.18. The third-order valence-electron chi connectivity index (χ3n) is 4.18. The van der Waals surface area contributed by atoms with E-state index < -0.39 is 0 Å². The Morgan fingerprint density at radius 3 is 3.29 bits per heavy atom. The number of aromatic nitrogens is 4. The van der Waals surface area contributed by atoms with E-state index in [2.05, 4.69) is 43.4 Å². The molecule has 8 heteroatoms. The molecule has 2 aromatic heterocycles. The zero-order valence-electron chi connectivity index (χ0n) is 13.4. The van der Waals surface area contributed by atoms with Gasteiger partial charge < -0.3 is 14.0 Å². The van der Waals surface area contributed by atoms with Crippen LogP contribution in [0.3, 0.4) is 0 Å². The van der Waals surface area contributed by atoms with Crippen molar-refractivity contribution in [2.24, 2.45) is 0 Å². The summed E-state index contributed by atoms with van der Waals surface area (Å²) < 4.78 is 15.9. The zero-order chi connectivity index (χ0) is 16.4. The van der Waals surface area contributed by atoms with Crippen molar-refractivity contribution in [3.8, 4) is 0 Å². The number of methoxy groups -OCH3 is 1. The summed E-state index contributed by atoms with van der Waals surface area (Å²) in [5, 5.41) is 12.3. The molecular weight excluding hydrogens is 310 g/mol. The minimum absolute atomic E-state index is 0.0226. The van der Waals surface area contributed by atoms with Gasteiger partial charge in [0, 0.05) is 25.6 Å². The number of morpholine rings is 1. The highest BCUT2D eigenvalue weighted by Gasteiger charge is 2.29. The van der Waals surface area contributed by atoms with Crippen LogP contribution >= 0.6 is 0 Å². The van der Waals surface area contributed by atoms with Crippen LogP contribution in [0.4, 0.5) is 0 Å². The Morgan fingerprint density at radius 1 is 1.42 bits per heavy atom. The molecule has 1 N–H and O–H groups in total. The molecule has 1 aromatic carbocycles. The van der Waals surface area contributed by atoms with Crippen LogP contribution in [-0.2, 0) is 22.6 Å². The molecule has 1 unspecified atom stereocenters. The third kappa shape index (κ3) is 3.03. The Morgan fingerprint density at radius 2 is 2.38 bits per heavy atom. The van der Waals surface area contributed by atoms with Crippen LogP contribution in [0.2, 0.25) is 0 Å². The van der Waals surface area contributed by atoms with E-state index in [-0.39, 0.29) is 6.04 Å². The summed E-state index contributed by atoms with van der Waals surface area (Å²) in [4.78, 5) is 6.72. The van der Waals surface area contributed by atoms with Gasteiger partial charge in [-0.15, -0.1) is 0 Å². The maximum absolute atomic E-state index is 5.62. The number of hydrogen-bond acceptors (Lipinski definition) is 7. The van der Waals surface area contributed by atoms with Crippen LogP contribution in [0.5, 0.6) is 0 Å². The highest BCUT2D eigenvalue weighted by molar-refractivity contribution is 5.78. The molecule has 4 rings (SSSR count). The lowest BCUT2D eigenvalue weighted by Crippen LogP contribution is -2.39. The second-order valence-electron chi connectivity index (χ2n) is 5.83. The van der Waals surface area contributed by atoms with Crippen LogP contribution in [0.15, 0.2) is 28.9 Å². The van der Waals surface area contributed by atoms with Gasteiger partial charge in [-0.05, 0) is 11.6 Å². The lowest BCUT2D eigenvalue weighted by molar-refractivity contribution is -0.0166. The van der Waals surface area contributed by atoms with Crippen LogP contribution in [0.25, 0.3) is 10.9 Å². The normalized spacial score (nSPS) is 19.1. The Bertz CT molecular complexity index is 815. The van der Waals surface area contributed by atoms with E-state index in [1.165, 1.54) is 5.56 Å². The SMILES string of the molecule is COCc1nc(C2COCCN2Cc2ccc3cn[nH]c3c2)no1. The van der Waals surface area contributed by atoms with Gasteiger partial charge in [-0.3, -0.25) is 10.00 Å². The van der Waals surface area contributed by atoms with Gasteiger partial charge in [0.25, 0.3) is 5.89 Å². The molecule has 1 aliphatic rings.